The molecule has 4 aromatic rings. The molecule has 1 atom stereocenters. The van der Waals surface area contributed by atoms with E-state index in [0.29, 0.717) is 50.1 Å². The van der Waals surface area contributed by atoms with Crippen LogP contribution in [0, 0.1) is 6.92 Å². The maximum absolute atomic E-state index is 14.5. The van der Waals surface area contributed by atoms with Gasteiger partial charge in [-0.3, -0.25) is 9.59 Å². The minimum atomic E-state index is -0.742. The van der Waals surface area contributed by atoms with E-state index < -0.39 is 17.2 Å². The largest absolute Gasteiger partial charge is 0.395 e. The van der Waals surface area contributed by atoms with Crippen LogP contribution in [0.5, 0.6) is 0 Å². The highest BCUT2D eigenvalue weighted by atomic mass is 16.5. The summed E-state index contributed by atoms with van der Waals surface area (Å²) in [7, 11) is 0. The van der Waals surface area contributed by atoms with E-state index in [2.05, 4.69) is 13.8 Å². The fourth-order valence-electron chi connectivity index (χ4n) is 6.38. The molecule has 0 aliphatic rings. The first-order valence-electron chi connectivity index (χ1n) is 17.6. The molecule has 0 radical (unpaired) electrons. The van der Waals surface area contributed by atoms with Crippen molar-refractivity contribution in [3.05, 3.63) is 142 Å². The summed E-state index contributed by atoms with van der Waals surface area (Å²) in [6.07, 6.45) is 0.448. The zero-order valence-corrected chi connectivity index (χ0v) is 30.6. The highest BCUT2D eigenvalue weighted by molar-refractivity contribution is 5.97. The number of nitrogens with zero attached hydrogens (tertiary/aromatic N) is 2. The molecule has 0 heterocycles. The van der Waals surface area contributed by atoms with E-state index >= 15 is 0 Å². The summed E-state index contributed by atoms with van der Waals surface area (Å²) in [5.41, 5.74) is 4.72. The second-order valence-corrected chi connectivity index (χ2v) is 14.5. The average molecular weight is 679 g/mol. The lowest BCUT2D eigenvalue weighted by molar-refractivity contribution is 0.0351. The molecule has 4 rings (SSSR count). The third-order valence-electron chi connectivity index (χ3n) is 9.30. The number of benzene rings is 4. The molecule has 0 fully saturated rings. The van der Waals surface area contributed by atoms with E-state index in [1.165, 1.54) is 0 Å². The summed E-state index contributed by atoms with van der Waals surface area (Å²) in [6.45, 7) is 13.3. The summed E-state index contributed by atoms with van der Waals surface area (Å²) < 4.78 is 6.04. The van der Waals surface area contributed by atoms with Crippen molar-refractivity contribution in [2.45, 2.75) is 84.6 Å². The van der Waals surface area contributed by atoms with Crippen LogP contribution in [-0.4, -0.2) is 69.8 Å². The summed E-state index contributed by atoms with van der Waals surface area (Å²) in [6, 6.07) is 33.3. The predicted molar refractivity (Wildman–Crippen MR) is 200 cm³/mol. The third-order valence-corrected chi connectivity index (χ3v) is 9.30. The molecule has 266 valence electrons. The number of aliphatic hydroxyl groups is 2. The van der Waals surface area contributed by atoms with Gasteiger partial charge in [0.2, 0.25) is 0 Å². The Morgan fingerprint density at radius 2 is 1.36 bits per heavy atom. The molecule has 2 N–H and O–H groups in total. The SMILES string of the molecule is Cc1ccc(CCC(O)Cc2ccccc2C(=O)N(CCOCc2ccccc2)C(C)(C)c2ccccc2)c(C(=O)N(CCO)C(C)(C)C)c1. The van der Waals surface area contributed by atoms with Gasteiger partial charge >= 0.3 is 0 Å². The van der Waals surface area contributed by atoms with Crippen LogP contribution in [0.1, 0.15) is 89.6 Å². The second kappa shape index (κ2) is 17.6. The van der Waals surface area contributed by atoms with Crippen LogP contribution < -0.4 is 0 Å². The molecule has 50 heavy (non-hydrogen) atoms. The van der Waals surface area contributed by atoms with Gasteiger partial charge in [-0.2, -0.15) is 0 Å². The Balaban J connectivity index is 1.52. The number of β-amino-alcohol motifs (C(OH)–C–C–N with tert-alkyl or cyclic N) is 1. The Hall–Kier alpha value is -4.30. The van der Waals surface area contributed by atoms with E-state index in [4.69, 9.17) is 4.74 Å². The standard InChI is InChI=1S/C43H54N2O5/c1-32-21-22-34(39(29-32)41(49)44(25-27-46)42(2,3)4)23-24-37(47)30-35-17-13-14-20-38(35)40(48)45(43(5,6)36-18-11-8-12-19-36)26-28-50-31-33-15-9-7-10-16-33/h7-22,29,37,46-47H,23-28,30-31H2,1-6H3. The highest BCUT2D eigenvalue weighted by Crippen LogP contribution is 2.30. The van der Waals surface area contributed by atoms with Crippen LogP contribution >= 0.6 is 0 Å². The number of hydrogen-bond donors (Lipinski definition) is 2. The van der Waals surface area contributed by atoms with Gasteiger partial charge < -0.3 is 24.7 Å². The van der Waals surface area contributed by atoms with Crippen molar-refractivity contribution in [2.75, 3.05) is 26.3 Å². The monoisotopic (exact) mass is 678 g/mol. The Bertz CT molecular complexity index is 1680. The zero-order valence-electron chi connectivity index (χ0n) is 30.6. The topological polar surface area (TPSA) is 90.3 Å². The van der Waals surface area contributed by atoms with Gasteiger partial charge in [-0.05, 0) is 95.2 Å². The second-order valence-electron chi connectivity index (χ2n) is 14.5. The first-order chi connectivity index (χ1) is 23.8. The van der Waals surface area contributed by atoms with Crippen molar-refractivity contribution in [1.82, 2.24) is 9.80 Å². The molecule has 0 aliphatic carbocycles. The number of aliphatic hydroxyl groups excluding tert-OH is 2. The third kappa shape index (κ3) is 10.1. The molecular formula is C43H54N2O5. The molecule has 7 heteroatoms. The average Bonchev–Trinajstić information content (AvgIpc) is 3.10. The molecule has 7 nitrogen and oxygen atoms in total. The number of hydrogen-bond acceptors (Lipinski definition) is 5. The van der Waals surface area contributed by atoms with Crippen LogP contribution in [0.15, 0.2) is 103 Å². The zero-order chi connectivity index (χ0) is 36.3. The molecule has 0 bridgehead atoms. The van der Waals surface area contributed by atoms with E-state index in [0.717, 1.165) is 27.8 Å². The van der Waals surface area contributed by atoms with Gasteiger partial charge in [0, 0.05) is 29.8 Å². The molecular weight excluding hydrogens is 624 g/mol. The minimum absolute atomic E-state index is 0.123. The van der Waals surface area contributed by atoms with Crippen LogP contribution in [-0.2, 0) is 29.7 Å². The molecule has 2 amide bonds. The molecule has 0 aromatic heterocycles. The van der Waals surface area contributed by atoms with Crippen molar-refractivity contribution < 1.29 is 24.5 Å². The first-order valence-corrected chi connectivity index (χ1v) is 17.6. The summed E-state index contributed by atoms with van der Waals surface area (Å²) in [5, 5.41) is 21.0. The Labute approximate surface area is 298 Å². The number of amides is 2. The van der Waals surface area contributed by atoms with Gasteiger partial charge in [0.1, 0.15) is 0 Å². The number of rotatable bonds is 16. The first kappa shape index (κ1) is 38.5. The van der Waals surface area contributed by atoms with Crippen molar-refractivity contribution in [1.29, 1.82) is 0 Å². The molecule has 0 spiro atoms. The van der Waals surface area contributed by atoms with E-state index in [-0.39, 0.29) is 25.0 Å². The quantitative estimate of drug-likeness (QED) is 0.121. The summed E-state index contributed by atoms with van der Waals surface area (Å²) in [4.78, 5) is 31.8. The van der Waals surface area contributed by atoms with Gasteiger partial charge in [-0.1, -0.05) is 96.6 Å². The number of ether oxygens (including phenoxy) is 1. The van der Waals surface area contributed by atoms with Gasteiger partial charge in [-0.25, -0.2) is 0 Å². The molecule has 4 aromatic carbocycles. The van der Waals surface area contributed by atoms with Crippen molar-refractivity contribution in [3.63, 3.8) is 0 Å². The minimum Gasteiger partial charge on any atom is -0.395 e. The Kier molecular flexibility index (Phi) is 13.5. The van der Waals surface area contributed by atoms with E-state index in [1.807, 2.05) is 136 Å². The summed E-state index contributed by atoms with van der Waals surface area (Å²) >= 11 is 0. The maximum Gasteiger partial charge on any atom is 0.254 e. The van der Waals surface area contributed by atoms with Gasteiger partial charge in [0.05, 0.1) is 31.5 Å². The fourth-order valence-corrected chi connectivity index (χ4v) is 6.38. The Morgan fingerprint density at radius 3 is 2.02 bits per heavy atom. The maximum atomic E-state index is 14.5. The number of carbonyl (C=O) groups is 2. The van der Waals surface area contributed by atoms with E-state index in [1.54, 1.807) is 4.90 Å². The fraction of sp³-hybridized carbons (Fsp3) is 0.395. The van der Waals surface area contributed by atoms with Crippen LogP contribution in [0.4, 0.5) is 0 Å². The normalized spacial score (nSPS) is 12.4. The lowest BCUT2D eigenvalue weighted by Gasteiger charge is -2.39. The van der Waals surface area contributed by atoms with E-state index in [9.17, 15) is 19.8 Å². The lowest BCUT2D eigenvalue weighted by atomic mass is 9.90. The lowest BCUT2D eigenvalue weighted by Crippen LogP contribution is -2.47. The predicted octanol–water partition coefficient (Wildman–Crippen LogP) is 7.36. The number of carbonyl (C=O) groups excluding carboxylic acids is 2. The van der Waals surface area contributed by atoms with Crippen LogP contribution in [0.25, 0.3) is 0 Å². The highest BCUT2D eigenvalue weighted by Gasteiger charge is 2.34. The Morgan fingerprint density at radius 1 is 0.740 bits per heavy atom. The van der Waals surface area contributed by atoms with Crippen molar-refractivity contribution in [3.8, 4) is 0 Å². The van der Waals surface area contributed by atoms with Crippen LogP contribution in [0.3, 0.4) is 0 Å². The number of aryl methyl sites for hydroxylation is 2. The van der Waals surface area contributed by atoms with Crippen molar-refractivity contribution in [2.24, 2.45) is 0 Å². The smallest absolute Gasteiger partial charge is 0.254 e. The van der Waals surface area contributed by atoms with Crippen LogP contribution in [0.2, 0.25) is 0 Å². The van der Waals surface area contributed by atoms with Gasteiger partial charge in [-0.15, -0.1) is 0 Å². The van der Waals surface area contributed by atoms with Crippen molar-refractivity contribution >= 4 is 11.8 Å². The molecule has 1 unspecified atom stereocenters. The summed E-state index contributed by atoms with van der Waals surface area (Å²) in [5.74, 6) is -0.257. The van der Waals surface area contributed by atoms with Gasteiger partial charge in [0.15, 0.2) is 0 Å². The molecule has 0 saturated carbocycles. The molecule has 0 aliphatic heterocycles. The van der Waals surface area contributed by atoms with Gasteiger partial charge in [0.25, 0.3) is 11.8 Å². The molecule has 0 saturated heterocycles.